The summed E-state index contributed by atoms with van der Waals surface area (Å²) in [6, 6.07) is 5.89. The first-order valence-corrected chi connectivity index (χ1v) is 12.4. The molecule has 0 aromatic heterocycles. The second kappa shape index (κ2) is 14.3. The lowest BCUT2D eigenvalue weighted by Crippen LogP contribution is -2.53. The minimum absolute atomic E-state index is 0. The molecule has 0 spiro atoms. The van der Waals surface area contributed by atoms with Crippen molar-refractivity contribution in [1.29, 1.82) is 0 Å². The Kier molecular flexibility index (Phi) is 13.4. The van der Waals surface area contributed by atoms with Gasteiger partial charge in [0.15, 0.2) is 0 Å². The first-order valence-electron chi connectivity index (χ1n) is 12.4. The molecule has 2 bridgehead atoms. The van der Waals surface area contributed by atoms with Gasteiger partial charge in [0.25, 0.3) is 5.91 Å². The molecule has 1 unspecified atom stereocenters. The molecule has 0 fully saturated rings. The van der Waals surface area contributed by atoms with Gasteiger partial charge in [0.2, 0.25) is 5.91 Å². The summed E-state index contributed by atoms with van der Waals surface area (Å²) in [4.78, 5) is 28.1. The topological polar surface area (TPSA) is 49.4 Å². The van der Waals surface area contributed by atoms with Gasteiger partial charge in [-0.3, -0.25) is 9.59 Å². The van der Waals surface area contributed by atoms with Crippen LogP contribution in [0.25, 0.3) is 0 Å². The lowest BCUT2D eigenvalue weighted by molar-refractivity contribution is -0.137. The molecule has 1 heterocycles. The van der Waals surface area contributed by atoms with Gasteiger partial charge in [-0.15, -0.1) is 0 Å². The SMILES string of the molecule is CC.CC.CCc1cc2cc(c1)C(=O)N[C@H](C(=O)N(C(C)C)C(C)C)CC(C)[C@@H](C)C2.[HH]. The van der Waals surface area contributed by atoms with E-state index in [9.17, 15) is 9.59 Å². The minimum Gasteiger partial charge on any atom is -0.340 e. The van der Waals surface area contributed by atoms with Crippen LogP contribution >= 0.6 is 0 Å². The Morgan fingerprint density at radius 2 is 1.58 bits per heavy atom. The Labute approximate surface area is 193 Å². The second-order valence-corrected chi connectivity index (χ2v) is 8.75. The number of nitrogens with one attached hydrogen (secondary N) is 1. The van der Waals surface area contributed by atoms with E-state index in [1.165, 1.54) is 11.1 Å². The summed E-state index contributed by atoms with van der Waals surface area (Å²) < 4.78 is 0. The summed E-state index contributed by atoms with van der Waals surface area (Å²) >= 11 is 0. The maximum absolute atomic E-state index is 13.3. The number of aryl methyl sites for hydroxylation is 1. The molecular weight excluding hydrogens is 384 g/mol. The smallest absolute Gasteiger partial charge is 0.251 e. The van der Waals surface area contributed by atoms with Gasteiger partial charge >= 0.3 is 0 Å². The zero-order chi connectivity index (χ0) is 24.3. The first kappa shape index (κ1) is 29.2. The Bertz CT molecular complexity index is 680. The van der Waals surface area contributed by atoms with Gasteiger partial charge in [-0.1, -0.05) is 54.5 Å². The van der Waals surface area contributed by atoms with Crippen LogP contribution in [-0.4, -0.2) is 34.8 Å². The van der Waals surface area contributed by atoms with E-state index in [0.29, 0.717) is 23.8 Å². The fourth-order valence-electron chi connectivity index (χ4n) is 4.14. The standard InChI is InChI=1S/C23H36N2O2.2C2H6.H2/c1-8-18-11-19-9-16(6)17(7)10-21(24-22(26)20(12-18)13-19)23(27)25(14(2)3)15(4)5;2*1-2;/h11-17,21H,8-10H2,1-7H3,(H,24,26);2*1-2H3;1H/t16-,17?,21-;;;/m0.../s1. The highest BCUT2D eigenvalue weighted by atomic mass is 16.2. The van der Waals surface area contributed by atoms with Crippen molar-refractivity contribution < 1.29 is 11.0 Å². The van der Waals surface area contributed by atoms with Crippen molar-refractivity contribution in [3.8, 4) is 0 Å². The van der Waals surface area contributed by atoms with Crippen molar-refractivity contribution in [1.82, 2.24) is 10.2 Å². The molecule has 180 valence electrons. The first-order chi connectivity index (χ1) is 14.6. The van der Waals surface area contributed by atoms with Crippen LogP contribution in [-0.2, 0) is 17.6 Å². The van der Waals surface area contributed by atoms with Crippen LogP contribution in [0.15, 0.2) is 18.2 Å². The van der Waals surface area contributed by atoms with E-state index in [0.717, 1.165) is 12.8 Å². The van der Waals surface area contributed by atoms with Crippen LogP contribution < -0.4 is 5.32 Å². The number of amides is 2. The molecule has 0 aliphatic carbocycles. The zero-order valence-electron chi connectivity index (χ0n) is 22.0. The van der Waals surface area contributed by atoms with Crippen LogP contribution in [0.3, 0.4) is 0 Å². The van der Waals surface area contributed by atoms with Crippen LogP contribution in [0, 0.1) is 11.8 Å². The number of hydrogen-bond donors (Lipinski definition) is 1. The third kappa shape index (κ3) is 8.31. The fourth-order valence-corrected chi connectivity index (χ4v) is 4.14. The molecule has 4 heteroatoms. The maximum Gasteiger partial charge on any atom is 0.251 e. The molecule has 0 saturated carbocycles. The van der Waals surface area contributed by atoms with Crippen molar-refractivity contribution in [2.24, 2.45) is 11.8 Å². The molecule has 2 rings (SSSR count). The quantitative estimate of drug-likeness (QED) is 0.587. The molecule has 1 aromatic rings. The van der Waals surface area contributed by atoms with Crippen LogP contribution in [0.5, 0.6) is 0 Å². The average molecular weight is 435 g/mol. The van der Waals surface area contributed by atoms with E-state index in [4.69, 9.17) is 0 Å². The summed E-state index contributed by atoms with van der Waals surface area (Å²) in [5.74, 6) is 0.674. The molecule has 1 aliphatic rings. The second-order valence-electron chi connectivity index (χ2n) is 8.75. The monoisotopic (exact) mass is 434 g/mol. The highest BCUT2D eigenvalue weighted by Gasteiger charge is 2.32. The number of carbonyl (C=O) groups excluding carboxylic acids is 2. The lowest BCUT2D eigenvalue weighted by Gasteiger charge is -2.36. The van der Waals surface area contributed by atoms with E-state index >= 15 is 0 Å². The summed E-state index contributed by atoms with van der Waals surface area (Å²) in [6.45, 7) is 22.7. The van der Waals surface area contributed by atoms with E-state index in [1.807, 2.05) is 72.4 Å². The molecule has 0 saturated heterocycles. The van der Waals surface area contributed by atoms with E-state index in [-0.39, 0.29) is 25.3 Å². The summed E-state index contributed by atoms with van der Waals surface area (Å²) in [5.41, 5.74) is 3.06. The van der Waals surface area contributed by atoms with Gasteiger partial charge in [-0.05, 0) is 82.1 Å². The van der Waals surface area contributed by atoms with Gasteiger partial charge in [0.05, 0.1) is 0 Å². The predicted octanol–water partition coefficient (Wildman–Crippen LogP) is 6.51. The van der Waals surface area contributed by atoms with Crippen molar-refractivity contribution in [2.45, 2.75) is 114 Å². The molecule has 4 nitrogen and oxygen atoms in total. The van der Waals surface area contributed by atoms with Gasteiger partial charge in [0, 0.05) is 19.1 Å². The normalized spacial score (nSPS) is 20.7. The molecule has 3 atom stereocenters. The molecule has 0 radical (unpaired) electrons. The van der Waals surface area contributed by atoms with Crippen LogP contribution in [0.2, 0.25) is 0 Å². The van der Waals surface area contributed by atoms with E-state index < -0.39 is 6.04 Å². The van der Waals surface area contributed by atoms with E-state index in [2.05, 4.69) is 32.2 Å². The molecule has 31 heavy (non-hydrogen) atoms. The Morgan fingerprint density at radius 1 is 1.03 bits per heavy atom. The van der Waals surface area contributed by atoms with Crippen molar-refractivity contribution in [3.63, 3.8) is 0 Å². The minimum atomic E-state index is -0.480. The fraction of sp³-hybridized carbons (Fsp3) is 0.704. The number of hydrogen-bond acceptors (Lipinski definition) is 2. The lowest BCUT2D eigenvalue weighted by atomic mass is 9.83. The van der Waals surface area contributed by atoms with Gasteiger partial charge in [-0.25, -0.2) is 0 Å². The largest absolute Gasteiger partial charge is 0.340 e. The van der Waals surface area contributed by atoms with E-state index in [1.54, 1.807) is 0 Å². The molecule has 2 amide bonds. The maximum atomic E-state index is 13.3. The van der Waals surface area contributed by atoms with Crippen LogP contribution in [0.1, 0.15) is 105 Å². The Morgan fingerprint density at radius 3 is 2.06 bits per heavy atom. The van der Waals surface area contributed by atoms with Crippen molar-refractivity contribution in [3.05, 3.63) is 34.9 Å². The zero-order valence-corrected chi connectivity index (χ0v) is 22.0. The van der Waals surface area contributed by atoms with Gasteiger partial charge in [0.1, 0.15) is 6.04 Å². The summed E-state index contributed by atoms with van der Waals surface area (Å²) in [6.07, 6.45) is 2.51. The number of rotatable bonds is 4. The number of benzene rings is 1. The number of nitrogens with zero attached hydrogens (tertiary/aromatic N) is 1. The summed E-state index contributed by atoms with van der Waals surface area (Å²) in [7, 11) is 0. The third-order valence-corrected chi connectivity index (χ3v) is 5.83. The average Bonchev–Trinajstić information content (AvgIpc) is 2.74. The van der Waals surface area contributed by atoms with Gasteiger partial charge in [-0.2, -0.15) is 0 Å². The van der Waals surface area contributed by atoms with Crippen LogP contribution in [0.4, 0.5) is 0 Å². The van der Waals surface area contributed by atoms with Gasteiger partial charge < -0.3 is 10.2 Å². The predicted molar refractivity (Wildman–Crippen MR) is 136 cm³/mol. The highest BCUT2D eigenvalue weighted by molar-refractivity contribution is 5.98. The summed E-state index contributed by atoms with van der Waals surface area (Å²) in [5, 5.41) is 3.06. The van der Waals surface area contributed by atoms with Crippen molar-refractivity contribution in [2.75, 3.05) is 0 Å². The van der Waals surface area contributed by atoms with Crippen molar-refractivity contribution >= 4 is 11.8 Å². The molecule has 1 aliphatic heterocycles. The molecular formula is C27H50N2O2. The number of carbonyl (C=O) groups is 2. The Hall–Kier alpha value is -1.84. The highest BCUT2D eigenvalue weighted by Crippen LogP contribution is 2.26. The molecule has 1 N–H and O–H groups in total. The number of fused-ring (bicyclic) bond motifs is 2. The third-order valence-electron chi connectivity index (χ3n) is 5.83. The Balaban J connectivity index is 0. The molecule has 1 aromatic carbocycles.